The summed E-state index contributed by atoms with van der Waals surface area (Å²) in [4.78, 5) is 32.1. The number of carbonyl (C=O) groups is 2. The van der Waals surface area contributed by atoms with E-state index in [1.165, 1.54) is 12.0 Å². The van der Waals surface area contributed by atoms with E-state index >= 15 is 0 Å². The molecule has 0 spiro atoms. The van der Waals surface area contributed by atoms with Crippen molar-refractivity contribution in [3.05, 3.63) is 40.9 Å². The molecule has 34 heavy (non-hydrogen) atoms. The van der Waals surface area contributed by atoms with Gasteiger partial charge in [0.15, 0.2) is 0 Å². The summed E-state index contributed by atoms with van der Waals surface area (Å²) in [5.41, 5.74) is 2.51. The monoisotopic (exact) mass is 484 g/mol. The van der Waals surface area contributed by atoms with Gasteiger partial charge in [-0.05, 0) is 67.2 Å². The molecule has 4 aliphatic carbocycles. The van der Waals surface area contributed by atoms with Gasteiger partial charge in [0, 0.05) is 62.4 Å². The number of benzene rings is 1. The minimum atomic E-state index is -0.0648. The molecule has 1 aromatic carbocycles. The van der Waals surface area contributed by atoms with Crippen LogP contribution in [0, 0.1) is 23.2 Å². The second-order valence-electron chi connectivity index (χ2n) is 11.1. The highest BCUT2D eigenvalue weighted by molar-refractivity contribution is 6.30. The number of hydrogen-bond acceptors (Lipinski definition) is 3. The highest BCUT2D eigenvalue weighted by atomic mass is 35.5. The zero-order chi connectivity index (χ0) is 23.9. The third-order valence-electron chi connectivity index (χ3n) is 8.64. The van der Waals surface area contributed by atoms with Gasteiger partial charge in [0.1, 0.15) is 0 Å². The van der Waals surface area contributed by atoms with Crippen LogP contribution < -0.4 is 5.32 Å². The van der Waals surface area contributed by atoms with Crippen molar-refractivity contribution in [2.45, 2.75) is 39.5 Å². The van der Waals surface area contributed by atoms with E-state index in [4.69, 9.17) is 11.6 Å². The molecule has 0 radical (unpaired) electrons. The largest absolute Gasteiger partial charge is 0.340 e. The van der Waals surface area contributed by atoms with Gasteiger partial charge in [-0.15, -0.1) is 0 Å². The number of fused-ring (bicyclic) bond motifs is 1. The van der Waals surface area contributed by atoms with Gasteiger partial charge >= 0.3 is 6.03 Å². The Morgan fingerprint density at radius 3 is 2.44 bits per heavy atom. The maximum absolute atomic E-state index is 13.3. The third kappa shape index (κ3) is 4.99. The van der Waals surface area contributed by atoms with Crippen molar-refractivity contribution in [2.24, 2.45) is 23.2 Å². The molecule has 2 atom stereocenters. The molecule has 1 heterocycles. The van der Waals surface area contributed by atoms with Crippen LogP contribution in [0.25, 0.3) is 0 Å². The second kappa shape index (κ2) is 9.54. The molecular weight excluding hydrogens is 448 g/mol. The molecule has 2 unspecified atom stereocenters. The minimum Gasteiger partial charge on any atom is -0.340 e. The number of anilines is 1. The first-order chi connectivity index (χ1) is 16.3. The Labute approximate surface area is 208 Å². The van der Waals surface area contributed by atoms with Gasteiger partial charge in [-0.3, -0.25) is 9.69 Å². The molecule has 3 amide bonds. The van der Waals surface area contributed by atoms with Crippen LogP contribution >= 0.6 is 11.6 Å². The maximum atomic E-state index is 13.3. The van der Waals surface area contributed by atoms with Crippen LogP contribution in [0.2, 0.25) is 5.02 Å². The van der Waals surface area contributed by atoms with Crippen molar-refractivity contribution in [1.82, 2.24) is 14.7 Å². The molecule has 3 fully saturated rings. The Morgan fingerprint density at radius 1 is 1.12 bits per heavy atom. The quantitative estimate of drug-likeness (QED) is 0.570. The number of urea groups is 1. The molecule has 1 saturated heterocycles. The summed E-state index contributed by atoms with van der Waals surface area (Å²) < 4.78 is 0. The van der Waals surface area contributed by atoms with Gasteiger partial charge in [0.05, 0.1) is 0 Å². The lowest BCUT2D eigenvalue weighted by atomic mass is 9.49. The predicted molar refractivity (Wildman–Crippen MR) is 136 cm³/mol. The normalized spacial score (nSPS) is 25.9. The molecule has 1 aliphatic heterocycles. The summed E-state index contributed by atoms with van der Waals surface area (Å²) >= 11 is 6.01. The lowest BCUT2D eigenvalue weighted by Crippen LogP contribution is -2.53. The second-order valence-corrected chi connectivity index (χ2v) is 11.6. The maximum Gasteiger partial charge on any atom is 0.322 e. The topological polar surface area (TPSA) is 55.9 Å². The van der Waals surface area contributed by atoms with E-state index in [1.54, 1.807) is 12.1 Å². The highest BCUT2D eigenvalue weighted by Crippen LogP contribution is 2.59. The van der Waals surface area contributed by atoms with E-state index in [9.17, 15) is 9.59 Å². The molecule has 1 N–H and O–H groups in total. The fourth-order valence-electron chi connectivity index (χ4n) is 5.91. The van der Waals surface area contributed by atoms with Crippen molar-refractivity contribution in [1.29, 1.82) is 0 Å². The summed E-state index contributed by atoms with van der Waals surface area (Å²) in [6, 6.07) is 7.21. The summed E-state index contributed by atoms with van der Waals surface area (Å²) in [5, 5.41) is 3.72. The lowest BCUT2D eigenvalue weighted by Gasteiger charge is -2.57. The standard InChI is InChI=1S/C27H37ClN4O2/c1-27(2)21-6-5-20(24(27)17-21)18-32(26(34)29-23-9-7-22(28)8-10-23)16-13-30-11-14-31(15-12-30)25(33)19-3-4-19/h5,7-10,19,21,24H,3-4,6,11-18H2,1-2H3,(H,29,34). The molecule has 6 nitrogen and oxygen atoms in total. The van der Waals surface area contributed by atoms with E-state index in [0.717, 1.165) is 63.6 Å². The van der Waals surface area contributed by atoms with Crippen LogP contribution in [0.5, 0.6) is 0 Å². The Hall–Kier alpha value is -2.05. The van der Waals surface area contributed by atoms with Crippen LogP contribution in [0.4, 0.5) is 10.5 Å². The first-order valence-corrected chi connectivity index (χ1v) is 13.2. The average Bonchev–Trinajstić information content (AvgIpc) is 3.68. The van der Waals surface area contributed by atoms with Gasteiger partial charge in [0.25, 0.3) is 0 Å². The fourth-order valence-corrected chi connectivity index (χ4v) is 6.03. The van der Waals surface area contributed by atoms with Crippen molar-refractivity contribution in [3.63, 3.8) is 0 Å². The average molecular weight is 485 g/mol. The smallest absolute Gasteiger partial charge is 0.322 e. The minimum absolute atomic E-state index is 0.0648. The summed E-state index contributed by atoms with van der Waals surface area (Å²) in [5.74, 6) is 1.99. The molecule has 2 bridgehead atoms. The summed E-state index contributed by atoms with van der Waals surface area (Å²) in [6.45, 7) is 10.3. The number of halogens is 1. The van der Waals surface area contributed by atoms with Crippen molar-refractivity contribution >= 4 is 29.2 Å². The van der Waals surface area contributed by atoms with Crippen molar-refractivity contribution < 1.29 is 9.59 Å². The third-order valence-corrected chi connectivity index (χ3v) is 8.89. The number of allylic oxidation sites excluding steroid dienone is 1. The number of carbonyl (C=O) groups excluding carboxylic acids is 2. The van der Waals surface area contributed by atoms with E-state index < -0.39 is 0 Å². The lowest BCUT2D eigenvalue weighted by molar-refractivity contribution is -0.134. The van der Waals surface area contributed by atoms with E-state index in [-0.39, 0.29) is 11.9 Å². The predicted octanol–water partition coefficient (Wildman–Crippen LogP) is 4.72. The van der Waals surface area contributed by atoms with Crippen LogP contribution in [0.1, 0.15) is 39.5 Å². The van der Waals surface area contributed by atoms with Gasteiger partial charge in [-0.1, -0.05) is 37.1 Å². The van der Waals surface area contributed by atoms with Gasteiger partial charge < -0.3 is 15.1 Å². The molecule has 0 aromatic heterocycles. The van der Waals surface area contributed by atoms with E-state index in [0.29, 0.717) is 35.4 Å². The SMILES string of the molecule is CC1(C)C2CC=C(CN(CCN3CCN(C(=O)C4CC4)CC3)C(=O)Nc3ccc(Cl)cc3)C1C2. The first kappa shape index (κ1) is 23.7. The molecule has 5 aliphatic rings. The number of nitrogens with one attached hydrogen (secondary N) is 1. The Kier molecular flexibility index (Phi) is 6.64. The Balaban J connectivity index is 1.20. The van der Waals surface area contributed by atoms with Crippen LogP contribution in [-0.2, 0) is 4.79 Å². The van der Waals surface area contributed by atoms with Crippen LogP contribution in [0.15, 0.2) is 35.9 Å². The van der Waals surface area contributed by atoms with Crippen LogP contribution in [-0.4, -0.2) is 72.5 Å². The van der Waals surface area contributed by atoms with Crippen LogP contribution in [0.3, 0.4) is 0 Å². The molecule has 7 heteroatoms. The van der Waals surface area contributed by atoms with Gasteiger partial charge in [0.2, 0.25) is 5.91 Å². The molecule has 2 saturated carbocycles. The van der Waals surface area contributed by atoms with Gasteiger partial charge in [-0.2, -0.15) is 0 Å². The summed E-state index contributed by atoms with van der Waals surface area (Å²) in [7, 11) is 0. The molecule has 1 aromatic rings. The van der Waals surface area contributed by atoms with E-state index in [2.05, 4.69) is 30.1 Å². The molecule has 6 rings (SSSR count). The van der Waals surface area contributed by atoms with Gasteiger partial charge in [-0.25, -0.2) is 4.79 Å². The van der Waals surface area contributed by atoms with E-state index in [1.807, 2.05) is 21.9 Å². The first-order valence-electron chi connectivity index (χ1n) is 12.8. The highest BCUT2D eigenvalue weighted by Gasteiger charge is 2.51. The number of rotatable bonds is 7. The van der Waals surface area contributed by atoms with Crippen molar-refractivity contribution in [3.8, 4) is 0 Å². The van der Waals surface area contributed by atoms with Crippen molar-refractivity contribution in [2.75, 3.05) is 51.1 Å². The number of piperazine rings is 1. The summed E-state index contributed by atoms with van der Waals surface area (Å²) in [6.07, 6.45) is 6.89. The number of hydrogen-bond donors (Lipinski definition) is 1. The number of amides is 3. The Bertz CT molecular complexity index is 948. The zero-order valence-electron chi connectivity index (χ0n) is 20.4. The molecular formula is C27H37ClN4O2. The fraction of sp³-hybridized carbons (Fsp3) is 0.630. The number of nitrogens with zero attached hydrogens (tertiary/aromatic N) is 3. The zero-order valence-corrected chi connectivity index (χ0v) is 21.2. The Morgan fingerprint density at radius 2 is 1.82 bits per heavy atom. The molecule has 184 valence electrons.